The average Bonchev–Trinajstić information content (AvgIpc) is 3.29. The molecule has 4 aromatic carbocycles. The molecule has 2 atom stereocenters. The Hall–Kier alpha value is -5.90. The van der Waals surface area contributed by atoms with E-state index in [-0.39, 0.29) is 58.6 Å². The molecule has 0 saturated carbocycles. The highest BCUT2D eigenvalue weighted by molar-refractivity contribution is 7.89. The van der Waals surface area contributed by atoms with Crippen molar-refractivity contribution in [3.8, 4) is 11.5 Å². The second kappa shape index (κ2) is 23.2. The van der Waals surface area contributed by atoms with Crippen molar-refractivity contribution in [1.82, 2.24) is 20.1 Å². The number of methoxy groups -OCH3 is 2. The molecule has 0 bridgehead atoms. The topological polar surface area (TPSA) is 240 Å². The van der Waals surface area contributed by atoms with Crippen molar-refractivity contribution >= 4 is 43.9 Å². The fourth-order valence-electron chi connectivity index (χ4n) is 5.60. The van der Waals surface area contributed by atoms with Crippen LogP contribution in [0.4, 0.5) is 0 Å². The summed E-state index contributed by atoms with van der Waals surface area (Å²) in [6.45, 7) is 5.46. The number of ether oxygens (including phenoxy) is 6. The van der Waals surface area contributed by atoms with Gasteiger partial charge in [-0.15, -0.1) is 0 Å². The van der Waals surface area contributed by atoms with Crippen molar-refractivity contribution in [2.24, 2.45) is 0 Å². The summed E-state index contributed by atoms with van der Waals surface area (Å²) in [5.74, 6) is -4.06. The zero-order chi connectivity index (χ0) is 47.0. The Balaban J connectivity index is 1.51. The van der Waals surface area contributed by atoms with Gasteiger partial charge in [0, 0.05) is 37.3 Å². The van der Waals surface area contributed by atoms with Gasteiger partial charge in [0.2, 0.25) is 20.0 Å². The number of hydrogen-bond acceptors (Lipinski definition) is 16. The summed E-state index contributed by atoms with van der Waals surface area (Å²) in [5.41, 5.74) is -1.74. The number of rotatable bonds is 24. The van der Waals surface area contributed by atoms with Crippen molar-refractivity contribution in [2.75, 3.05) is 53.6 Å². The van der Waals surface area contributed by atoms with Crippen molar-refractivity contribution in [1.29, 1.82) is 0 Å². The molecular weight excluding hydrogens is 873 g/mol. The molecule has 4 N–H and O–H groups in total. The van der Waals surface area contributed by atoms with Crippen molar-refractivity contribution in [3.63, 3.8) is 0 Å². The van der Waals surface area contributed by atoms with Crippen molar-refractivity contribution < 1.29 is 64.4 Å². The van der Waals surface area contributed by atoms with Gasteiger partial charge in [-0.3, -0.25) is 0 Å². The van der Waals surface area contributed by atoms with Crippen LogP contribution in [0.3, 0.4) is 0 Å². The fourth-order valence-corrected chi connectivity index (χ4v) is 8.06. The Morgan fingerprint density at radius 3 is 1.19 bits per heavy atom. The predicted octanol–water partition coefficient (Wildman–Crippen LogP) is 3.23. The van der Waals surface area contributed by atoms with Crippen LogP contribution in [0.15, 0.2) is 119 Å². The molecule has 64 heavy (non-hydrogen) atoms. The van der Waals surface area contributed by atoms with Crippen LogP contribution in [0.2, 0.25) is 0 Å². The number of carbonyl (C=O) groups excluding carboxylic acids is 4. The van der Waals surface area contributed by atoms with E-state index in [4.69, 9.17) is 28.4 Å². The minimum absolute atomic E-state index is 0.0663. The van der Waals surface area contributed by atoms with Crippen LogP contribution >= 0.6 is 0 Å². The Morgan fingerprint density at radius 1 is 0.516 bits per heavy atom. The van der Waals surface area contributed by atoms with E-state index in [1.165, 1.54) is 62.8 Å². The van der Waals surface area contributed by atoms with Gasteiger partial charge in [0.05, 0.1) is 24.0 Å². The van der Waals surface area contributed by atoms with E-state index in [0.29, 0.717) is 0 Å². The van der Waals surface area contributed by atoms with Crippen LogP contribution in [0.5, 0.6) is 11.5 Å². The molecule has 0 aliphatic carbocycles. The number of esters is 4. The maximum atomic E-state index is 13.5. The van der Waals surface area contributed by atoms with Crippen molar-refractivity contribution in [2.45, 2.75) is 60.8 Å². The van der Waals surface area contributed by atoms with E-state index in [2.05, 4.69) is 20.1 Å². The van der Waals surface area contributed by atoms with Gasteiger partial charge in [0.1, 0.15) is 48.0 Å². The van der Waals surface area contributed by atoms with E-state index in [9.17, 15) is 36.0 Å². The molecule has 2 unspecified atom stereocenters. The molecule has 0 saturated heterocycles. The molecule has 18 nitrogen and oxygen atoms in total. The normalized spacial score (nSPS) is 12.9. The standard InChI is InChI=1S/C44H54N4O14S2/c1-43(2,29-47-63(53,54)33-17-9-7-10-18-33)45-25-31(27-59-37-23-15-13-21-35(37)39(49)57-5)61-41(51)42(52)62-32(28-60-38-24-16-14-22-36(38)40(50)58-6)26-46-44(3,4)30-48-64(55,56)34-19-11-8-12-20-34/h7-24,31-32,45-48H,25-30H2,1-6H3. The summed E-state index contributed by atoms with van der Waals surface area (Å²) in [7, 11) is -5.35. The third kappa shape index (κ3) is 15.7. The first-order valence-corrected chi connectivity index (χ1v) is 22.8. The smallest absolute Gasteiger partial charge is 0.417 e. The monoisotopic (exact) mass is 926 g/mol. The summed E-state index contributed by atoms with van der Waals surface area (Å²) in [5, 5.41) is 6.27. The Labute approximate surface area is 373 Å². The third-order valence-electron chi connectivity index (χ3n) is 9.28. The van der Waals surface area contributed by atoms with Crippen molar-refractivity contribution in [3.05, 3.63) is 120 Å². The quantitative estimate of drug-likeness (QED) is 0.0448. The molecule has 0 fully saturated rings. The van der Waals surface area contributed by atoms with Gasteiger partial charge in [0.25, 0.3) is 0 Å². The molecule has 0 aromatic heterocycles. The fraction of sp³-hybridized carbons (Fsp3) is 0.364. The molecule has 4 aromatic rings. The lowest BCUT2D eigenvalue weighted by Crippen LogP contribution is -2.53. The zero-order valence-electron chi connectivity index (χ0n) is 36.3. The maximum absolute atomic E-state index is 13.5. The minimum atomic E-state index is -3.88. The molecule has 4 rings (SSSR count). The van der Waals surface area contributed by atoms with Crippen LogP contribution in [-0.2, 0) is 48.6 Å². The number of nitrogens with one attached hydrogen (secondary N) is 4. The Bertz CT molecular complexity index is 2250. The number of carbonyl (C=O) groups is 4. The average molecular weight is 927 g/mol. The van der Waals surface area contributed by atoms with Crippen LogP contribution in [-0.4, -0.2) is 118 Å². The molecule has 0 spiro atoms. The van der Waals surface area contributed by atoms with E-state index in [1.807, 2.05) is 0 Å². The predicted molar refractivity (Wildman–Crippen MR) is 234 cm³/mol. The molecule has 0 heterocycles. The summed E-state index contributed by atoms with van der Waals surface area (Å²) >= 11 is 0. The van der Waals surface area contributed by atoms with Gasteiger partial charge >= 0.3 is 23.9 Å². The number of benzene rings is 4. The van der Waals surface area contributed by atoms with E-state index < -0.39 is 80.4 Å². The Kier molecular flexibility index (Phi) is 18.4. The summed E-state index contributed by atoms with van der Waals surface area (Å²) in [4.78, 5) is 52.1. The van der Waals surface area contributed by atoms with E-state index in [0.717, 1.165) is 0 Å². The molecule has 346 valence electrons. The van der Waals surface area contributed by atoms with Crippen LogP contribution in [0.1, 0.15) is 48.4 Å². The van der Waals surface area contributed by atoms with E-state index in [1.54, 1.807) is 88.4 Å². The molecule has 0 radical (unpaired) electrons. The molecule has 20 heteroatoms. The molecule has 0 amide bonds. The summed E-state index contributed by atoms with van der Waals surface area (Å²) < 4.78 is 89.6. The summed E-state index contributed by atoms with van der Waals surface area (Å²) in [6, 6.07) is 27.9. The van der Waals surface area contributed by atoms with Crippen LogP contribution < -0.4 is 29.6 Å². The highest BCUT2D eigenvalue weighted by Crippen LogP contribution is 2.21. The van der Waals surface area contributed by atoms with Gasteiger partial charge in [-0.05, 0) is 76.2 Å². The van der Waals surface area contributed by atoms with Gasteiger partial charge in [0.15, 0.2) is 0 Å². The Morgan fingerprint density at radius 2 is 0.844 bits per heavy atom. The summed E-state index contributed by atoms with van der Waals surface area (Å²) in [6.07, 6.45) is -2.46. The first-order valence-electron chi connectivity index (χ1n) is 19.9. The van der Waals surface area contributed by atoms with Gasteiger partial charge < -0.3 is 39.1 Å². The van der Waals surface area contributed by atoms with Gasteiger partial charge in [-0.1, -0.05) is 60.7 Å². The van der Waals surface area contributed by atoms with Crippen LogP contribution in [0.25, 0.3) is 0 Å². The lowest BCUT2D eigenvalue weighted by Gasteiger charge is -2.30. The van der Waals surface area contributed by atoms with Crippen LogP contribution in [0, 0.1) is 0 Å². The maximum Gasteiger partial charge on any atom is 0.417 e. The SMILES string of the molecule is COC(=O)c1ccccc1OCC(CNC(C)(C)CNS(=O)(=O)c1ccccc1)OC(=O)C(=O)OC(CNC(C)(C)CNS(=O)(=O)c1ccccc1)COc1ccccc1C(=O)OC. The second-order valence-corrected chi connectivity index (χ2v) is 19.0. The number of hydrogen-bond donors (Lipinski definition) is 4. The number of para-hydroxylation sites is 2. The van der Waals surface area contributed by atoms with E-state index >= 15 is 0 Å². The first-order chi connectivity index (χ1) is 30.3. The first kappa shape index (κ1) is 50.7. The molecule has 0 aliphatic heterocycles. The van der Waals surface area contributed by atoms with Gasteiger partial charge in [-0.2, -0.15) is 0 Å². The molecule has 0 aliphatic rings. The zero-order valence-corrected chi connectivity index (χ0v) is 38.0. The lowest BCUT2D eigenvalue weighted by molar-refractivity contribution is -0.175. The highest BCUT2D eigenvalue weighted by atomic mass is 32.2. The largest absolute Gasteiger partial charge is 0.489 e. The van der Waals surface area contributed by atoms with Gasteiger partial charge in [-0.25, -0.2) is 45.5 Å². The lowest BCUT2D eigenvalue weighted by atomic mass is 10.1. The third-order valence-corrected chi connectivity index (χ3v) is 12.1. The highest BCUT2D eigenvalue weighted by Gasteiger charge is 2.31. The molecular formula is C44H54N4O14S2. The second-order valence-electron chi connectivity index (χ2n) is 15.5. The minimum Gasteiger partial charge on any atom is -0.489 e. The number of sulfonamides is 2.